The Morgan fingerprint density at radius 1 is 1.05 bits per heavy atom. The molecule has 0 amide bonds. The van der Waals surface area contributed by atoms with Crippen LogP contribution >= 0.6 is 0 Å². The van der Waals surface area contributed by atoms with Crippen molar-refractivity contribution < 1.29 is 5.11 Å². The van der Waals surface area contributed by atoms with Crippen molar-refractivity contribution in [1.29, 1.82) is 0 Å². The number of benzene rings is 1. The number of aliphatic hydroxyl groups excluding tert-OH is 1. The molecular weight excluding hydrogens is 256 g/mol. The van der Waals surface area contributed by atoms with Crippen molar-refractivity contribution >= 4 is 0 Å². The molecule has 0 spiro atoms. The summed E-state index contributed by atoms with van der Waals surface area (Å²) in [6.45, 7) is 2.31. The molecule has 1 aromatic rings. The molecule has 0 aliphatic heterocycles. The molecule has 2 aliphatic carbocycles. The Balaban J connectivity index is 1.90. The smallest absolute Gasteiger partial charge is 0.0667 e. The maximum Gasteiger partial charge on any atom is 0.0667 e. The van der Waals surface area contributed by atoms with E-state index < -0.39 is 0 Å². The minimum atomic E-state index is -0.146. The second-order valence-corrected chi connectivity index (χ2v) is 7.29. The van der Waals surface area contributed by atoms with Gasteiger partial charge in [-0.1, -0.05) is 75.8 Å². The molecule has 0 radical (unpaired) electrons. The van der Waals surface area contributed by atoms with E-state index in [1.807, 2.05) is 0 Å². The summed E-state index contributed by atoms with van der Waals surface area (Å²) in [7, 11) is 0. The average molecular weight is 286 g/mol. The van der Waals surface area contributed by atoms with Crippen LogP contribution in [0.1, 0.15) is 70.3 Å². The first-order valence-electron chi connectivity index (χ1n) is 9.01. The molecule has 0 aromatic heterocycles. The van der Waals surface area contributed by atoms with Crippen LogP contribution in [0.2, 0.25) is 0 Å². The first-order valence-corrected chi connectivity index (χ1v) is 9.01. The highest BCUT2D eigenvalue weighted by Crippen LogP contribution is 2.49. The lowest BCUT2D eigenvalue weighted by Gasteiger charge is -2.44. The molecule has 1 aromatic carbocycles. The monoisotopic (exact) mass is 286 g/mol. The molecule has 3 unspecified atom stereocenters. The zero-order valence-corrected chi connectivity index (χ0v) is 13.4. The minimum Gasteiger partial charge on any atom is -0.392 e. The van der Waals surface area contributed by atoms with Crippen molar-refractivity contribution in [2.45, 2.75) is 76.2 Å². The van der Waals surface area contributed by atoms with Gasteiger partial charge in [0.2, 0.25) is 0 Å². The molecule has 2 saturated carbocycles. The van der Waals surface area contributed by atoms with Crippen LogP contribution in [0.25, 0.3) is 0 Å². The highest BCUT2D eigenvalue weighted by Gasteiger charge is 2.47. The fourth-order valence-electron chi connectivity index (χ4n) is 5.10. The van der Waals surface area contributed by atoms with Crippen molar-refractivity contribution in [3.8, 4) is 0 Å². The summed E-state index contributed by atoms with van der Waals surface area (Å²) in [5, 5.41) is 11.4. The van der Waals surface area contributed by atoms with E-state index >= 15 is 0 Å². The number of hydrogen-bond donors (Lipinski definition) is 1. The zero-order chi connectivity index (χ0) is 14.7. The molecule has 3 atom stereocenters. The van der Waals surface area contributed by atoms with Crippen LogP contribution in [0.3, 0.4) is 0 Å². The highest BCUT2D eigenvalue weighted by molar-refractivity contribution is 5.29. The van der Waals surface area contributed by atoms with Gasteiger partial charge in [-0.25, -0.2) is 0 Å². The molecule has 0 saturated heterocycles. The van der Waals surface area contributed by atoms with Gasteiger partial charge in [-0.2, -0.15) is 0 Å². The van der Waals surface area contributed by atoms with Gasteiger partial charge in [-0.15, -0.1) is 0 Å². The fourth-order valence-corrected chi connectivity index (χ4v) is 5.10. The first kappa shape index (κ1) is 15.1. The lowest BCUT2D eigenvalue weighted by atomic mass is 9.64. The summed E-state index contributed by atoms with van der Waals surface area (Å²) >= 11 is 0. The van der Waals surface area contributed by atoms with E-state index in [1.54, 1.807) is 0 Å². The van der Waals surface area contributed by atoms with Crippen molar-refractivity contribution in [2.75, 3.05) is 0 Å². The number of aliphatic hydroxyl groups is 1. The highest BCUT2D eigenvalue weighted by atomic mass is 16.3. The molecule has 21 heavy (non-hydrogen) atoms. The Bertz CT molecular complexity index is 432. The number of rotatable bonds is 4. The second-order valence-electron chi connectivity index (χ2n) is 7.29. The minimum absolute atomic E-state index is 0.0384. The summed E-state index contributed by atoms with van der Waals surface area (Å²) in [4.78, 5) is 0. The van der Waals surface area contributed by atoms with Gasteiger partial charge in [0.25, 0.3) is 0 Å². The van der Waals surface area contributed by atoms with E-state index in [-0.39, 0.29) is 11.5 Å². The molecule has 1 nitrogen and oxygen atoms in total. The lowest BCUT2D eigenvalue weighted by Crippen LogP contribution is -2.45. The largest absolute Gasteiger partial charge is 0.392 e. The molecule has 3 rings (SSSR count). The van der Waals surface area contributed by atoms with E-state index in [0.29, 0.717) is 5.92 Å². The summed E-state index contributed by atoms with van der Waals surface area (Å²) in [6, 6.07) is 10.9. The molecule has 116 valence electrons. The molecule has 2 fully saturated rings. The predicted octanol–water partition coefficient (Wildman–Crippen LogP) is 5.08. The fraction of sp³-hybridized carbons (Fsp3) is 0.700. The third-order valence-electron chi connectivity index (χ3n) is 6.31. The SMILES string of the molecule is CCC1CCCCC1C(O)C1(c2ccccc2)CCCC1. The van der Waals surface area contributed by atoms with E-state index in [4.69, 9.17) is 0 Å². The normalized spacial score (nSPS) is 30.2. The van der Waals surface area contributed by atoms with Crippen LogP contribution < -0.4 is 0 Å². The Labute approximate surface area is 129 Å². The van der Waals surface area contributed by atoms with Gasteiger partial charge in [0.15, 0.2) is 0 Å². The summed E-state index contributed by atoms with van der Waals surface area (Å²) in [6.07, 6.45) is 11.2. The van der Waals surface area contributed by atoms with Crippen molar-refractivity contribution in [3.63, 3.8) is 0 Å². The van der Waals surface area contributed by atoms with Gasteiger partial charge >= 0.3 is 0 Å². The summed E-state index contributed by atoms with van der Waals surface area (Å²) in [5.74, 6) is 1.25. The van der Waals surface area contributed by atoms with Crippen LogP contribution in [-0.2, 0) is 5.41 Å². The van der Waals surface area contributed by atoms with Gasteiger partial charge < -0.3 is 5.11 Å². The van der Waals surface area contributed by atoms with Gasteiger partial charge in [-0.05, 0) is 36.7 Å². The quantitative estimate of drug-likeness (QED) is 0.818. The Kier molecular flexibility index (Phi) is 4.69. The molecular formula is C20H30O. The van der Waals surface area contributed by atoms with E-state index in [2.05, 4.69) is 37.3 Å². The Hall–Kier alpha value is -0.820. The maximum absolute atomic E-state index is 11.4. The van der Waals surface area contributed by atoms with Crippen LogP contribution in [0, 0.1) is 11.8 Å². The standard InChI is InChI=1S/C20H30O/c1-2-16-10-6-7-13-18(16)19(21)20(14-8-9-15-20)17-11-4-3-5-12-17/h3-5,11-12,16,18-19,21H,2,6-10,13-15H2,1H3. The third kappa shape index (κ3) is 2.77. The van der Waals surface area contributed by atoms with Gasteiger partial charge in [0.1, 0.15) is 0 Å². The van der Waals surface area contributed by atoms with Crippen molar-refractivity contribution in [2.24, 2.45) is 11.8 Å². The lowest BCUT2D eigenvalue weighted by molar-refractivity contribution is -0.0127. The van der Waals surface area contributed by atoms with E-state index in [9.17, 15) is 5.11 Å². The van der Waals surface area contributed by atoms with Crippen LogP contribution in [0.5, 0.6) is 0 Å². The van der Waals surface area contributed by atoms with Crippen molar-refractivity contribution in [1.82, 2.24) is 0 Å². The number of hydrogen-bond acceptors (Lipinski definition) is 1. The van der Waals surface area contributed by atoms with E-state index in [1.165, 1.54) is 63.4 Å². The maximum atomic E-state index is 11.4. The van der Waals surface area contributed by atoms with Gasteiger partial charge in [0.05, 0.1) is 6.10 Å². The first-order chi connectivity index (χ1) is 10.3. The molecule has 0 bridgehead atoms. The zero-order valence-electron chi connectivity index (χ0n) is 13.4. The predicted molar refractivity (Wildman–Crippen MR) is 88.3 cm³/mol. The molecule has 1 N–H and O–H groups in total. The molecule has 0 heterocycles. The van der Waals surface area contributed by atoms with E-state index in [0.717, 1.165) is 5.92 Å². The van der Waals surface area contributed by atoms with Gasteiger partial charge in [0, 0.05) is 5.41 Å². The Morgan fingerprint density at radius 2 is 1.71 bits per heavy atom. The molecule has 1 heteroatoms. The summed E-state index contributed by atoms with van der Waals surface area (Å²) < 4.78 is 0. The summed E-state index contributed by atoms with van der Waals surface area (Å²) in [5.41, 5.74) is 1.42. The second kappa shape index (κ2) is 6.52. The van der Waals surface area contributed by atoms with Crippen LogP contribution in [0.4, 0.5) is 0 Å². The van der Waals surface area contributed by atoms with Crippen molar-refractivity contribution in [3.05, 3.63) is 35.9 Å². The van der Waals surface area contributed by atoms with Gasteiger partial charge in [-0.3, -0.25) is 0 Å². The topological polar surface area (TPSA) is 20.2 Å². The van der Waals surface area contributed by atoms with Crippen LogP contribution in [0.15, 0.2) is 30.3 Å². The Morgan fingerprint density at radius 3 is 2.38 bits per heavy atom. The average Bonchev–Trinajstić information content (AvgIpc) is 3.06. The third-order valence-corrected chi connectivity index (χ3v) is 6.31. The molecule has 2 aliphatic rings. The van der Waals surface area contributed by atoms with Crippen LogP contribution in [-0.4, -0.2) is 11.2 Å².